The van der Waals surface area contributed by atoms with E-state index in [9.17, 15) is 34.8 Å². The highest BCUT2D eigenvalue weighted by Gasteiger charge is 2.39. The Balaban J connectivity index is 0.000000340. The summed E-state index contributed by atoms with van der Waals surface area (Å²) in [6.07, 6.45) is -4.06. The van der Waals surface area contributed by atoms with Crippen LogP contribution in [-0.4, -0.2) is 76.4 Å². The van der Waals surface area contributed by atoms with Gasteiger partial charge in [-0.15, -0.1) is 22.7 Å². The third-order valence-corrected chi connectivity index (χ3v) is 11.3. The standard InChI is InChI=1S/C26H25N5O2S3.2C2HF3O2/c1-30(36(32,33)24-11-6-14-34-24)23-9-4-7-18-15-21(29-25(18)23)26-28-16-19(35-26)17-31-13-5-10-22(31)20-8-2-3-12-27-20;2*3-2(4,5)1(6)7/h2-4,6-9,11-12,14-16,22,29H,5,10,13,17H2,1H3;2*(H,6,7). The number of anilines is 1. The van der Waals surface area contributed by atoms with Crippen LogP contribution in [0.1, 0.15) is 29.5 Å². The summed E-state index contributed by atoms with van der Waals surface area (Å²) in [6, 6.07) is 17.6. The monoisotopic (exact) mass is 763 g/mol. The predicted octanol–water partition coefficient (Wildman–Crippen LogP) is 7.18. The lowest BCUT2D eigenvalue weighted by Crippen LogP contribution is -2.26. The number of carbonyl (C=O) groups is 2. The van der Waals surface area contributed by atoms with Gasteiger partial charge in [-0.25, -0.2) is 23.0 Å². The second kappa shape index (κ2) is 15.6. The van der Waals surface area contributed by atoms with Crippen molar-refractivity contribution in [3.8, 4) is 10.7 Å². The second-order valence-electron chi connectivity index (χ2n) is 10.4. The third-order valence-electron chi connectivity index (χ3n) is 7.10. The van der Waals surface area contributed by atoms with Crippen molar-refractivity contribution in [1.29, 1.82) is 0 Å². The number of para-hydroxylation sites is 1. The lowest BCUT2D eigenvalue weighted by Gasteiger charge is -2.23. The van der Waals surface area contributed by atoms with Gasteiger partial charge in [-0.3, -0.25) is 14.2 Å². The van der Waals surface area contributed by atoms with Crippen molar-refractivity contribution in [3.63, 3.8) is 0 Å². The Morgan fingerprint density at radius 3 is 2.26 bits per heavy atom. The summed E-state index contributed by atoms with van der Waals surface area (Å²) >= 11 is 2.89. The van der Waals surface area contributed by atoms with Crippen LogP contribution in [0, 0.1) is 0 Å². The minimum absolute atomic E-state index is 0.323. The molecule has 1 unspecified atom stereocenters. The quantitative estimate of drug-likeness (QED) is 0.146. The number of likely N-dealkylation sites (tertiary alicyclic amines) is 1. The zero-order valence-electron chi connectivity index (χ0n) is 25.6. The number of nitrogens with one attached hydrogen (secondary N) is 1. The van der Waals surface area contributed by atoms with Crippen LogP contribution in [0.15, 0.2) is 76.6 Å². The number of alkyl halides is 6. The maximum absolute atomic E-state index is 13.1. The molecule has 1 aliphatic rings. The van der Waals surface area contributed by atoms with Crippen molar-refractivity contribution in [1.82, 2.24) is 19.9 Å². The van der Waals surface area contributed by atoms with Gasteiger partial charge in [0.2, 0.25) is 0 Å². The zero-order valence-corrected chi connectivity index (χ0v) is 28.1. The first-order chi connectivity index (χ1) is 23.4. The van der Waals surface area contributed by atoms with Gasteiger partial charge in [0, 0.05) is 36.2 Å². The number of hydrogen-bond acceptors (Lipinski definition) is 9. The average molecular weight is 764 g/mol. The summed E-state index contributed by atoms with van der Waals surface area (Å²) in [5.41, 5.74) is 3.41. The Morgan fingerprint density at radius 2 is 1.68 bits per heavy atom. The topological polar surface area (TPSA) is 157 Å². The van der Waals surface area contributed by atoms with Crippen LogP contribution in [0.4, 0.5) is 32.0 Å². The van der Waals surface area contributed by atoms with Crippen LogP contribution in [0.2, 0.25) is 0 Å². The number of aromatic nitrogens is 3. The highest BCUT2D eigenvalue weighted by atomic mass is 32.2. The van der Waals surface area contributed by atoms with E-state index in [0.717, 1.165) is 46.8 Å². The molecule has 268 valence electrons. The minimum atomic E-state index is -5.08. The second-order valence-corrected chi connectivity index (χ2v) is 14.7. The molecule has 1 aromatic carbocycles. The van der Waals surface area contributed by atoms with Crippen LogP contribution in [0.3, 0.4) is 0 Å². The van der Waals surface area contributed by atoms with Crippen molar-refractivity contribution in [2.24, 2.45) is 0 Å². The van der Waals surface area contributed by atoms with Crippen molar-refractivity contribution in [2.75, 3.05) is 17.9 Å². The molecule has 1 atom stereocenters. The van der Waals surface area contributed by atoms with Gasteiger partial charge in [0.05, 0.1) is 28.6 Å². The number of aliphatic carboxylic acids is 2. The number of thiophene rings is 1. The fraction of sp³-hybridized carbons (Fsp3) is 0.267. The molecule has 0 spiro atoms. The molecule has 0 saturated carbocycles. The first-order valence-corrected chi connectivity index (χ1v) is 17.4. The Hall–Kier alpha value is -4.53. The van der Waals surface area contributed by atoms with E-state index in [0.29, 0.717) is 15.9 Å². The lowest BCUT2D eigenvalue weighted by molar-refractivity contribution is -0.193. The number of H-pyrrole nitrogens is 1. The van der Waals surface area contributed by atoms with Gasteiger partial charge in [-0.1, -0.05) is 24.3 Å². The van der Waals surface area contributed by atoms with Crippen LogP contribution < -0.4 is 4.31 Å². The maximum atomic E-state index is 13.1. The number of aromatic amines is 1. The van der Waals surface area contributed by atoms with Gasteiger partial charge >= 0.3 is 24.3 Å². The van der Waals surface area contributed by atoms with E-state index in [1.165, 1.54) is 26.9 Å². The van der Waals surface area contributed by atoms with Gasteiger partial charge in [-0.05, 0) is 55.1 Å². The van der Waals surface area contributed by atoms with E-state index < -0.39 is 34.3 Å². The molecule has 1 saturated heterocycles. The molecule has 20 heteroatoms. The Morgan fingerprint density at radius 1 is 1.00 bits per heavy atom. The van der Waals surface area contributed by atoms with E-state index in [1.807, 2.05) is 42.7 Å². The Bertz CT molecular complexity index is 1990. The molecule has 0 aliphatic carbocycles. The Labute approximate surface area is 288 Å². The molecular weight excluding hydrogens is 737 g/mol. The molecule has 1 aliphatic heterocycles. The van der Waals surface area contributed by atoms with Gasteiger partial charge in [-0.2, -0.15) is 26.3 Å². The number of nitrogens with zero attached hydrogens (tertiary/aromatic N) is 4. The molecule has 1 fully saturated rings. The Kier molecular flexibility index (Phi) is 11.9. The molecule has 5 heterocycles. The van der Waals surface area contributed by atoms with E-state index in [4.69, 9.17) is 24.8 Å². The van der Waals surface area contributed by atoms with E-state index >= 15 is 0 Å². The first kappa shape index (κ1) is 38.3. The number of thiazole rings is 1. The largest absolute Gasteiger partial charge is 0.490 e. The highest BCUT2D eigenvalue weighted by Crippen LogP contribution is 2.37. The number of pyridine rings is 1. The molecule has 0 amide bonds. The first-order valence-electron chi connectivity index (χ1n) is 14.2. The molecule has 6 rings (SSSR count). The van der Waals surface area contributed by atoms with Gasteiger partial charge in [0.15, 0.2) is 0 Å². The minimum Gasteiger partial charge on any atom is -0.475 e. The number of sulfonamides is 1. The van der Waals surface area contributed by atoms with Crippen LogP contribution in [0.5, 0.6) is 0 Å². The zero-order chi connectivity index (χ0) is 36.9. The summed E-state index contributed by atoms with van der Waals surface area (Å²) in [6.45, 7) is 1.89. The number of halogens is 6. The fourth-order valence-electron chi connectivity index (χ4n) is 4.82. The van der Waals surface area contributed by atoms with E-state index in [2.05, 4.69) is 27.0 Å². The SMILES string of the molecule is CN(c1cccc2cc(-c3ncc(CN4CCCC4c4ccccn4)s3)[nH]c12)S(=O)(=O)c1cccs1.O=C(O)C(F)(F)F.O=C(O)C(F)(F)F. The van der Waals surface area contributed by atoms with Gasteiger partial charge < -0.3 is 15.2 Å². The number of hydrogen-bond donors (Lipinski definition) is 3. The molecule has 0 bridgehead atoms. The predicted molar refractivity (Wildman–Crippen MR) is 173 cm³/mol. The van der Waals surface area contributed by atoms with Crippen LogP contribution in [0.25, 0.3) is 21.6 Å². The molecular formula is C30H27F6N5O6S3. The average Bonchev–Trinajstić information content (AvgIpc) is 3.88. The van der Waals surface area contributed by atoms with Crippen LogP contribution >= 0.6 is 22.7 Å². The van der Waals surface area contributed by atoms with Crippen molar-refractivity contribution in [3.05, 3.63) is 82.9 Å². The number of carboxylic acid groups (broad SMARTS) is 2. The lowest BCUT2D eigenvalue weighted by atomic mass is 10.1. The molecule has 5 aromatic rings. The molecule has 11 nitrogen and oxygen atoms in total. The summed E-state index contributed by atoms with van der Waals surface area (Å²) in [5.74, 6) is -5.51. The summed E-state index contributed by atoms with van der Waals surface area (Å²) in [7, 11) is -2.03. The summed E-state index contributed by atoms with van der Waals surface area (Å²) < 4.78 is 91.4. The van der Waals surface area contributed by atoms with Crippen LogP contribution in [-0.2, 0) is 26.2 Å². The van der Waals surface area contributed by atoms with E-state index in [-0.39, 0.29) is 0 Å². The van der Waals surface area contributed by atoms with Crippen molar-refractivity contribution < 1.29 is 54.6 Å². The van der Waals surface area contributed by atoms with Gasteiger partial charge in [0.25, 0.3) is 10.0 Å². The summed E-state index contributed by atoms with van der Waals surface area (Å²) in [4.78, 5) is 34.2. The summed E-state index contributed by atoms with van der Waals surface area (Å²) in [5, 5.41) is 17.9. The normalized spacial score (nSPS) is 15.1. The molecule has 4 aromatic heterocycles. The molecule has 50 heavy (non-hydrogen) atoms. The highest BCUT2D eigenvalue weighted by molar-refractivity contribution is 7.94. The maximum Gasteiger partial charge on any atom is 0.490 e. The smallest absolute Gasteiger partial charge is 0.475 e. The van der Waals surface area contributed by atoms with E-state index in [1.54, 1.807) is 35.9 Å². The number of carboxylic acids is 2. The number of benzene rings is 1. The van der Waals surface area contributed by atoms with Crippen molar-refractivity contribution >= 4 is 61.2 Å². The number of rotatable bonds is 7. The molecule has 0 radical (unpaired) electrons. The van der Waals surface area contributed by atoms with Crippen molar-refractivity contribution in [2.45, 2.75) is 42.0 Å². The molecule has 3 N–H and O–H groups in total. The van der Waals surface area contributed by atoms with Gasteiger partial charge in [0.1, 0.15) is 9.22 Å². The number of fused-ring (bicyclic) bond motifs is 1. The third kappa shape index (κ3) is 9.37. The fourth-order valence-corrected chi connectivity index (χ4v) is 8.10.